The lowest BCUT2D eigenvalue weighted by Gasteiger charge is -2.11. The number of aromatic hydroxyl groups is 2. The molecule has 2 aromatic carbocycles. The van der Waals surface area contributed by atoms with Gasteiger partial charge in [-0.25, -0.2) is 0 Å². The van der Waals surface area contributed by atoms with E-state index >= 15 is 0 Å². The van der Waals surface area contributed by atoms with Crippen LogP contribution in [0.3, 0.4) is 0 Å². The minimum absolute atomic E-state index is 0.0227. The molecule has 96 valence electrons. The molecule has 3 N–H and O–H groups in total. The molecule has 0 aliphatic rings. The summed E-state index contributed by atoms with van der Waals surface area (Å²) < 4.78 is 0. The highest BCUT2D eigenvalue weighted by Gasteiger charge is 2.06. The van der Waals surface area contributed by atoms with Crippen LogP contribution in [0.5, 0.6) is 11.5 Å². The molecule has 0 bridgehead atoms. The minimum atomic E-state index is 0.0227. The third-order valence-electron chi connectivity index (χ3n) is 2.92. The zero-order chi connectivity index (χ0) is 13.8. The van der Waals surface area contributed by atoms with Crippen LogP contribution in [-0.2, 0) is 6.54 Å². The van der Waals surface area contributed by atoms with Crippen LogP contribution >= 0.6 is 0 Å². The van der Waals surface area contributed by atoms with E-state index in [2.05, 4.69) is 11.4 Å². The fraction of sp³-hybridized carbons (Fsp3) is 0.133. The lowest BCUT2D eigenvalue weighted by Crippen LogP contribution is -2.02. The van der Waals surface area contributed by atoms with Crippen molar-refractivity contribution in [3.8, 4) is 17.6 Å². The molecule has 0 heterocycles. The van der Waals surface area contributed by atoms with Crippen LogP contribution in [0, 0.1) is 18.3 Å². The predicted octanol–water partition coefficient (Wildman–Crippen LogP) is 2.89. The quantitative estimate of drug-likeness (QED) is 0.787. The van der Waals surface area contributed by atoms with Gasteiger partial charge in [-0.15, -0.1) is 0 Å². The Balaban J connectivity index is 2.20. The zero-order valence-corrected chi connectivity index (χ0v) is 10.5. The molecule has 19 heavy (non-hydrogen) atoms. The van der Waals surface area contributed by atoms with Crippen molar-refractivity contribution in [2.24, 2.45) is 0 Å². The Morgan fingerprint density at radius 2 is 2.00 bits per heavy atom. The number of rotatable bonds is 3. The third-order valence-corrected chi connectivity index (χ3v) is 2.92. The molecule has 0 aliphatic carbocycles. The smallest absolute Gasteiger partial charge is 0.124 e. The second-order valence-electron chi connectivity index (χ2n) is 4.28. The van der Waals surface area contributed by atoms with Crippen molar-refractivity contribution in [1.29, 1.82) is 5.26 Å². The first-order valence-electron chi connectivity index (χ1n) is 5.86. The molecule has 0 saturated carbocycles. The number of phenolic OH excluding ortho intramolecular Hbond substituents is 2. The minimum Gasteiger partial charge on any atom is -0.508 e. The van der Waals surface area contributed by atoms with E-state index < -0.39 is 0 Å². The van der Waals surface area contributed by atoms with E-state index in [0.29, 0.717) is 17.7 Å². The lowest BCUT2D eigenvalue weighted by molar-refractivity contribution is 0.446. The number of nitrogens with one attached hydrogen (secondary N) is 1. The molecule has 0 atom stereocenters. The predicted molar refractivity (Wildman–Crippen MR) is 73.0 cm³/mol. The summed E-state index contributed by atoms with van der Waals surface area (Å²) in [5.41, 5.74) is 2.89. The molecule has 0 aromatic heterocycles. The van der Waals surface area contributed by atoms with Crippen molar-refractivity contribution >= 4 is 5.69 Å². The first-order chi connectivity index (χ1) is 9.11. The summed E-state index contributed by atoms with van der Waals surface area (Å²) >= 11 is 0. The van der Waals surface area contributed by atoms with Crippen molar-refractivity contribution < 1.29 is 10.2 Å². The van der Waals surface area contributed by atoms with E-state index in [4.69, 9.17) is 5.26 Å². The summed E-state index contributed by atoms with van der Waals surface area (Å²) in [4.78, 5) is 0. The molecule has 4 nitrogen and oxygen atoms in total. The van der Waals surface area contributed by atoms with Gasteiger partial charge in [-0.05, 0) is 30.7 Å². The van der Waals surface area contributed by atoms with Gasteiger partial charge in [-0.2, -0.15) is 5.26 Å². The normalized spacial score (nSPS) is 9.89. The van der Waals surface area contributed by atoms with Crippen molar-refractivity contribution in [2.45, 2.75) is 13.5 Å². The number of hydrogen-bond donors (Lipinski definition) is 3. The molecule has 0 amide bonds. The maximum Gasteiger partial charge on any atom is 0.124 e. The van der Waals surface area contributed by atoms with E-state index in [9.17, 15) is 10.2 Å². The van der Waals surface area contributed by atoms with Gasteiger partial charge in [-0.3, -0.25) is 0 Å². The zero-order valence-electron chi connectivity index (χ0n) is 10.5. The molecular formula is C15H14N2O2. The molecule has 0 unspecified atom stereocenters. The van der Waals surface area contributed by atoms with Gasteiger partial charge in [0, 0.05) is 18.2 Å². The second-order valence-corrected chi connectivity index (χ2v) is 4.28. The van der Waals surface area contributed by atoms with Crippen LogP contribution in [0.1, 0.15) is 16.7 Å². The van der Waals surface area contributed by atoms with Crippen molar-refractivity contribution in [3.63, 3.8) is 0 Å². The Morgan fingerprint density at radius 1 is 1.21 bits per heavy atom. The molecule has 0 spiro atoms. The Morgan fingerprint density at radius 3 is 2.68 bits per heavy atom. The first-order valence-corrected chi connectivity index (χ1v) is 5.86. The van der Waals surface area contributed by atoms with Crippen LogP contribution in [0.2, 0.25) is 0 Å². The van der Waals surface area contributed by atoms with Gasteiger partial charge in [-0.1, -0.05) is 12.1 Å². The van der Waals surface area contributed by atoms with Gasteiger partial charge in [0.2, 0.25) is 0 Å². The van der Waals surface area contributed by atoms with E-state index in [1.165, 1.54) is 12.1 Å². The Labute approximate surface area is 111 Å². The van der Waals surface area contributed by atoms with E-state index in [1.807, 2.05) is 25.1 Å². The topological polar surface area (TPSA) is 76.3 Å². The van der Waals surface area contributed by atoms with Crippen LogP contribution in [0.15, 0.2) is 36.4 Å². The summed E-state index contributed by atoms with van der Waals surface area (Å²) in [7, 11) is 0. The highest BCUT2D eigenvalue weighted by molar-refractivity contribution is 5.61. The molecule has 2 aromatic rings. The first kappa shape index (κ1) is 12.8. The number of aryl methyl sites for hydroxylation is 1. The summed E-state index contributed by atoms with van der Waals surface area (Å²) in [6.45, 7) is 2.26. The average Bonchev–Trinajstić information content (AvgIpc) is 2.38. The van der Waals surface area contributed by atoms with Crippen molar-refractivity contribution in [2.75, 3.05) is 5.32 Å². The number of nitrogens with zero attached hydrogens (tertiary/aromatic N) is 1. The van der Waals surface area contributed by atoms with Crippen LogP contribution in [0.4, 0.5) is 5.69 Å². The Hall–Kier alpha value is -2.67. The van der Waals surface area contributed by atoms with E-state index in [0.717, 1.165) is 11.3 Å². The largest absolute Gasteiger partial charge is 0.508 e. The third kappa shape index (κ3) is 2.78. The second kappa shape index (κ2) is 5.32. The maximum atomic E-state index is 9.69. The summed E-state index contributed by atoms with van der Waals surface area (Å²) in [6.07, 6.45) is 0. The molecule has 4 heteroatoms. The Bertz CT molecular complexity index is 645. The van der Waals surface area contributed by atoms with Crippen LogP contribution in [-0.4, -0.2) is 10.2 Å². The SMILES string of the molecule is Cc1cccc(NCc2ccc(O)cc2O)c1C#N. The fourth-order valence-corrected chi connectivity index (χ4v) is 1.86. The van der Waals surface area contributed by atoms with Crippen LogP contribution in [0.25, 0.3) is 0 Å². The lowest BCUT2D eigenvalue weighted by atomic mass is 10.1. The van der Waals surface area contributed by atoms with Gasteiger partial charge in [0.1, 0.15) is 17.6 Å². The van der Waals surface area contributed by atoms with Crippen LogP contribution < -0.4 is 5.32 Å². The number of phenols is 2. The maximum absolute atomic E-state index is 9.69. The fourth-order valence-electron chi connectivity index (χ4n) is 1.86. The monoisotopic (exact) mass is 254 g/mol. The number of hydrogen-bond acceptors (Lipinski definition) is 4. The highest BCUT2D eigenvalue weighted by atomic mass is 16.3. The van der Waals surface area contributed by atoms with Gasteiger partial charge < -0.3 is 15.5 Å². The van der Waals surface area contributed by atoms with Gasteiger partial charge in [0.05, 0.1) is 11.3 Å². The molecule has 0 radical (unpaired) electrons. The number of anilines is 1. The molecule has 0 fully saturated rings. The number of nitriles is 1. The van der Waals surface area contributed by atoms with E-state index in [1.54, 1.807) is 6.07 Å². The Kier molecular flexibility index (Phi) is 3.58. The summed E-state index contributed by atoms with van der Waals surface area (Å²) in [5.74, 6) is 0.0492. The summed E-state index contributed by atoms with van der Waals surface area (Å²) in [6, 6.07) is 12.2. The summed E-state index contributed by atoms with van der Waals surface area (Å²) in [5, 5.41) is 31.1. The van der Waals surface area contributed by atoms with Crippen molar-refractivity contribution in [1.82, 2.24) is 0 Å². The average molecular weight is 254 g/mol. The molecular weight excluding hydrogens is 240 g/mol. The van der Waals surface area contributed by atoms with Gasteiger partial charge in [0.25, 0.3) is 0 Å². The standard InChI is InChI=1S/C15H14N2O2/c1-10-3-2-4-14(13(10)8-16)17-9-11-5-6-12(18)7-15(11)19/h2-7,17-19H,9H2,1H3. The van der Waals surface area contributed by atoms with Crippen molar-refractivity contribution in [3.05, 3.63) is 53.1 Å². The highest BCUT2D eigenvalue weighted by Crippen LogP contribution is 2.24. The van der Waals surface area contributed by atoms with Gasteiger partial charge >= 0.3 is 0 Å². The molecule has 0 aliphatic heterocycles. The molecule has 2 rings (SSSR count). The number of benzene rings is 2. The molecule has 0 saturated heterocycles. The van der Waals surface area contributed by atoms with E-state index in [-0.39, 0.29) is 11.5 Å². The van der Waals surface area contributed by atoms with Gasteiger partial charge in [0.15, 0.2) is 0 Å².